The second-order valence-corrected chi connectivity index (χ2v) is 7.81. The normalized spacial score (nSPS) is 19.4. The van der Waals surface area contributed by atoms with E-state index in [0.717, 1.165) is 30.3 Å². The number of fused-ring (bicyclic) bond motifs is 1. The topological polar surface area (TPSA) is 59.6 Å². The largest absolute Gasteiger partial charge is 0.488 e. The highest BCUT2D eigenvalue weighted by molar-refractivity contribution is 5.67. The number of hydrogen-bond donors (Lipinski definition) is 2. The molecule has 2 aliphatic rings. The molecule has 0 saturated heterocycles. The molecule has 0 bridgehead atoms. The minimum Gasteiger partial charge on any atom is -0.488 e. The van der Waals surface area contributed by atoms with Crippen LogP contribution in [0.15, 0.2) is 18.2 Å². The molecule has 0 radical (unpaired) electrons. The third kappa shape index (κ3) is 5.05. The summed E-state index contributed by atoms with van der Waals surface area (Å²) >= 11 is 0. The molecule has 0 aromatic heterocycles. The summed E-state index contributed by atoms with van der Waals surface area (Å²) in [5.74, 6) is 1.86. The zero-order chi connectivity index (χ0) is 17.2. The average molecular weight is 332 g/mol. The van der Waals surface area contributed by atoms with Gasteiger partial charge in [0.05, 0.1) is 6.54 Å². The van der Waals surface area contributed by atoms with Crippen LogP contribution in [-0.4, -0.2) is 30.9 Å². The number of benzene rings is 1. The molecule has 1 heterocycles. The second kappa shape index (κ2) is 6.91. The van der Waals surface area contributed by atoms with E-state index in [1.54, 1.807) is 0 Å². The van der Waals surface area contributed by atoms with Crippen LogP contribution in [0.3, 0.4) is 0 Å². The van der Waals surface area contributed by atoms with Crippen molar-refractivity contribution in [3.05, 3.63) is 23.8 Å². The number of rotatable bonds is 6. The molecule has 5 heteroatoms. The van der Waals surface area contributed by atoms with Crippen molar-refractivity contribution in [3.63, 3.8) is 0 Å². The molecule has 1 aliphatic carbocycles. The van der Waals surface area contributed by atoms with Crippen LogP contribution in [0.2, 0.25) is 0 Å². The van der Waals surface area contributed by atoms with Crippen molar-refractivity contribution in [1.29, 1.82) is 0 Å². The summed E-state index contributed by atoms with van der Waals surface area (Å²) in [4.78, 5) is 11.7. The van der Waals surface area contributed by atoms with Crippen LogP contribution < -0.4 is 15.4 Å². The summed E-state index contributed by atoms with van der Waals surface area (Å²) in [5.41, 5.74) is 1.87. The van der Waals surface area contributed by atoms with Crippen LogP contribution in [0.25, 0.3) is 0 Å². The maximum Gasteiger partial charge on any atom is 0.407 e. The Kier molecular flexibility index (Phi) is 4.88. The maximum atomic E-state index is 11.7. The fraction of sp³-hybridized carbons (Fsp3) is 0.632. The van der Waals surface area contributed by atoms with E-state index in [0.29, 0.717) is 6.54 Å². The highest BCUT2D eigenvalue weighted by Gasteiger charge is 2.25. The Labute approximate surface area is 144 Å². The number of amides is 1. The number of nitrogens with one attached hydrogen (secondary N) is 2. The standard InChI is InChI=1S/C19H28N2O3/c1-19(2,3)24-18(22)21-12-16-11-14-10-15(6-7-17(14)23-16)20-9-8-13-4-5-13/h6-7,10,13,16,20H,4-5,8-9,11-12H2,1-3H3,(H,21,22). The van der Waals surface area contributed by atoms with Crippen molar-refractivity contribution in [2.45, 2.75) is 58.2 Å². The van der Waals surface area contributed by atoms with E-state index >= 15 is 0 Å². The number of carbonyl (C=O) groups excluding carboxylic acids is 1. The van der Waals surface area contributed by atoms with E-state index in [-0.39, 0.29) is 6.10 Å². The van der Waals surface area contributed by atoms with Gasteiger partial charge in [0.15, 0.2) is 0 Å². The molecule has 2 N–H and O–H groups in total. The van der Waals surface area contributed by atoms with Gasteiger partial charge in [-0.25, -0.2) is 4.79 Å². The van der Waals surface area contributed by atoms with Crippen molar-refractivity contribution >= 4 is 11.8 Å². The Hall–Kier alpha value is -1.91. The van der Waals surface area contributed by atoms with Gasteiger partial charge in [-0.1, -0.05) is 12.8 Å². The smallest absolute Gasteiger partial charge is 0.407 e. The van der Waals surface area contributed by atoms with E-state index in [9.17, 15) is 4.79 Å². The van der Waals surface area contributed by atoms with Crippen molar-refractivity contribution in [2.75, 3.05) is 18.4 Å². The van der Waals surface area contributed by atoms with Gasteiger partial charge in [0.1, 0.15) is 17.5 Å². The summed E-state index contributed by atoms with van der Waals surface area (Å²) < 4.78 is 11.1. The van der Waals surface area contributed by atoms with Crippen LogP contribution in [0.4, 0.5) is 10.5 Å². The molecule has 132 valence electrons. The molecule has 1 fully saturated rings. The number of carbonyl (C=O) groups is 1. The lowest BCUT2D eigenvalue weighted by Gasteiger charge is -2.20. The lowest BCUT2D eigenvalue weighted by Crippen LogP contribution is -2.38. The molecule has 5 nitrogen and oxygen atoms in total. The predicted octanol–water partition coefficient (Wildman–Crippen LogP) is 3.73. The fourth-order valence-electron chi connectivity index (χ4n) is 2.88. The van der Waals surface area contributed by atoms with Crippen LogP contribution >= 0.6 is 0 Å². The van der Waals surface area contributed by atoms with E-state index in [4.69, 9.17) is 9.47 Å². The third-order valence-electron chi connectivity index (χ3n) is 4.25. The molecule has 1 amide bonds. The summed E-state index contributed by atoms with van der Waals surface area (Å²) in [6.07, 6.45) is 4.43. The number of ether oxygens (including phenoxy) is 2. The first kappa shape index (κ1) is 16.9. The minimum atomic E-state index is -0.482. The van der Waals surface area contributed by atoms with Gasteiger partial charge in [-0.2, -0.15) is 0 Å². The lowest BCUT2D eigenvalue weighted by atomic mass is 10.1. The molecule has 1 aliphatic heterocycles. The molecule has 0 spiro atoms. The van der Waals surface area contributed by atoms with Crippen molar-refractivity contribution < 1.29 is 14.3 Å². The molecular weight excluding hydrogens is 304 g/mol. The van der Waals surface area contributed by atoms with Crippen molar-refractivity contribution in [3.8, 4) is 5.75 Å². The third-order valence-corrected chi connectivity index (χ3v) is 4.25. The van der Waals surface area contributed by atoms with Gasteiger partial charge < -0.3 is 20.1 Å². The molecule has 1 aromatic rings. The summed E-state index contributed by atoms with van der Waals surface area (Å²) in [5, 5.41) is 6.27. The summed E-state index contributed by atoms with van der Waals surface area (Å²) in [6, 6.07) is 6.24. The Morgan fingerprint density at radius 2 is 2.12 bits per heavy atom. The monoisotopic (exact) mass is 332 g/mol. The predicted molar refractivity (Wildman–Crippen MR) is 94.6 cm³/mol. The lowest BCUT2D eigenvalue weighted by molar-refractivity contribution is 0.0506. The van der Waals surface area contributed by atoms with Crippen molar-refractivity contribution in [2.24, 2.45) is 5.92 Å². The van der Waals surface area contributed by atoms with E-state index < -0.39 is 11.7 Å². The molecule has 1 unspecified atom stereocenters. The van der Waals surface area contributed by atoms with Gasteiger partial charge in [-0.15, -0.1) is 0 Å². The van der Waals surface area contributed by atoms with Crippen LogP contribution in [-0.2, 0) is 11.2 Å². The Morgan fingerprint density at radius 3 is 2.83 bits per heavy atom. The van der Waals surface area contributed by atoms with Crippen LogP contribution in [0, 0.1) is 5.92 Å². The summed E-state index contributed by atoms with van der Waals surface area (Å²) in [7, 11) is 0. The quantitative estimate of drug-likeness (QED) is 0.833. The second-order valence-electron chi connectivity index (χ2n) is 7.81. The first-order chi connectivity index (χ1) is 11.4. The Bertz CT molecular complexity index is 591. The fourth-order valence-corrected chi connectivity index (χ4v) is 2.88. The molecular formula is C19H28N2O3. The summed E-state index contributed by atoms with van der Waals surface area (Å²) in [6.45, 7) is 7.05. The molecule has 1 saturated carbocycles. The molecule has 1 atom stereocenters. The van der Waals surface area contributed by atoms with Crippen molar-refractivity contribution in [1.82, 2.24) is 5.32 Å². The SMILES string of the molecule is CC(C)(C)OC(=O)NCC1Cc2cc(NCCC3CC3)ccc2O1. The maximum absolute atomic E-state index is 11.7. The first-order valence-corrected chi connectivity index (χ1v) is 8.89. The van der Waals surface area contributed by atoms with Gasteiger partial charge in [-0.3, -0.25) is 0 Å². The van der Waals surface area contributed by atoms with Crippen LogP contribution in [0.1, 0.15) is 45.6 Å². The van der Waals surface area contributed by atoms with E-state index in [1.165, 1.54) is 24.8 Å². The number of anilines is 1. The van der Waals surface area contributed by atoms with Gasteiger partial charge in [-0.05, 0) is 56.9 Å². The van der Waals surface area contributed by atoms with Gasteiger partial charge in [0.2, 0.25) is 0 Å². The Balaban J connectivity index is 1.44. The number of alkyl carbamates (subject to hydrolysis) is 1. The minimum absolute atomic E-state index is 0.0331. The molecule has 3 rings (SSSR count). The van der Waals surface area contributed by atoms with E-state index in [1.807, 2.05) is 26.8 Å². The van der Waals surface area contributed by atoms with Gasteiger partial charge >= 0.3 is 6.09 Å². The average Bonchev–Trinajstić information content (AvgIpc) is 3.21. The van der Waals surface area contributed by atoms with E-state index in [2.05, 4.69) is 22.8 Å². The highest BCUT2D eigenvalue weighted by atomic mass is 16.6. The van der Waals surface area contributed by atoms with Gasteiger partial charge in [0.25, 0.3) is 0 Å². The van der Waals surface area contributed by atoms with Gasteiger partial charge in [0, 0.05) is 18.7 Å². The Morgan fingerprint density at radius 1 is 1.33 bits per heavy atom. The number of hydrogen-bond acceptors (Lipinski definition) is 4. The highest BCUT2D eigenvalue weighted by Crippen LogP contribution is 2.33. The zero-order valence-corrected chi connectivity index (χ0v) is 14.9. The molecule has 24 heavy (non-hydrogen) atoms. The van der Waals surface area contributed by atoms with Crippen LogP contribution in [0.5, 0.6) is 5.75 Å². The first-order valence-electron chi connectivity index (χ1n) is 8.89. The zero-order valence-electron chi connectivity index (χ0n) is 14.9. The molecule has 1 aromatic carbocycles.